The molecule has 0 aliphatic heterocycles. The van der Waals surface area contributed by atoms with Gasteiger partial charge in [0.1, 0.15) is 0 Å². The second kappa shape index (κ2) is 2.94. The van der Waals surface area contributed by atoms with Crippen molar-refractivity contribution in [1.82, 2.24) is 0 Å². The lowest BCUT2D eigenvalue weighted by atomic mass is 9.70. The van der Waals surface area contributed by atoms with Gasteiger partial charge < -0.3 is 0 Å². The third kappa shape index (κ3) is 1.01. The second-order valence-corrected chi connectivity index (χ2v) is 6.54. The Bertz CT molecular complexity index is 268. The van der Waals surface area contributed by atoms with Crippen LogP contribution in [0.4, 0.5) is 0 Å². The summed E-state index contributed by atoms with van der Waals surface area (Å²) in [6.07, 6.45) is 2.32. The van der Waals surface area contributed by atoms with Gasteiger partial charge in [0.2, 0.25) is 0 Å². The Hall–Kier alpha value is 0.880. The van der Waals surface area contributed by atoms with Crippen LogP contribution in [0.25, 0.3) is 0 Å². The lowest BCUT2D eigenvalue weighted by molar-refractivity contribution is -0.127. The van der Waals surface area contributed by atoms with E-state index in [1.165, 1.54) is 6.42 Å². The van der Waals surface area contributed by atoms with Crippen LogP contribution in [0.5, 0.6) is 0 Å². The predicted octanol–water partition coefficient (Wildman–Crippen LogP) is 3.19. The molecule has 0 aromatic rings. The van der Waals surface area contributed by atoms with E-state index in [0.717, 1.165) is 10.8 Å². The van der Waals surface area contributed by atoms with Crippen LogP contribution in [0, 0.1) is 16.7 Å². The zero-order chi connectivity index (χ0) is 9.85. The molecule has 3 heteroatoms. The summed E-state index contributed by atoms with van der Waals surface area (Å²) >= 11 is 5.99. The van der Waals surface area contributed by atoms with Crippen LogP contribution in [-0.2, 0) is 4.79 Å². The average molecular weight is 357 g/mol. The highest BCUT2D eigenvalue weighted by molar-refractivity contribution is 14.1. The van der Waals surface area contributed by atoms with Gasteiger partial charge in [0.15, 0.2) is 5.78 Å². The Balaban J connectivity index is 2.49. The molecule has 1 nitrogen and oxygen atoms in total. The van der Waals surface area contributed by atoms with Crippen LogP contribution in [0.3, 0.4) is 0 Å². The molecule has 0 aromatic carbocycles. The Morgan fingerprint density at radius 1 is 1.62 bits per heavy atom. The Kier molecular flexibility index (Phi) is 2.35. The molecule has 2 aliphatic rings. The first-order valence-electron chi connectivity index (χ1n) is 4.72. The first-order valence-corrected chi connectivity index (χ1v) is 7.16. The number of hydrogen-bond donors (Lipinski definition) is 0. The molecule has 0 heterocycles. The van der Waals surface area contributed by atoms with Gasteiger partial charge in [0.05, 0.1) is 4.83 Å². The molecule has 2 fully saturated rings. The monoisotopic (exact) mass is 356 g/mol. The minimum Gasteiger partial charge on any atom is -0.298 e. The fourth-order valence-electron chi connectivity index (χ4n) is 3.07. The molecule has 74 valence electrons. The number of fused-ring (bicyclic) bond motifs is 2. The third-order valence-corrected chi connectivity index (χ3v) is 7.10. The summed E-state index contributed by atoms with van der Waals surface area (Å²) in [5, 5.41) is 0. The Labute approximate surface area is 101 Å². The van der Waals surface area contributed by atoms with Crippen molar-refractivity contribution < 1.29 is 4.79 Å². The van der Waals surface area contributed by atoms with E-state index in [4.69, 9.17) is 0 Å². The first-order chi connectivity index (χ1) is 5.97. The molecule has 0 N–H and O–H groups in total. The lowest BCUT2D eigenvalue weighted by Crippen LogP contribution is -2.36. The van der Waals surface area contributed by atoms with Crippen molar-refractivity contribution in [2.75, 3.05) is 4.43 Å². The van der Waals surface area contributed by atoms with E-state index in [-0.39, 0.29) is 15.7 Å². The van der Waals surface area contributed by atoms with Crippen LogP contribution in [0.15, 0.2) is 0 Å². The number of ketones is 1. The molecule has 2 aliphatic carbocycles. The quantitative estimate of drug-likeness (QED) is 0.521. The van der Waals surface area contributed by atoms with Gasteiger partial charge in [-0.05, 0) is 24.2 Å². The standard InChI is InChI=1S/C10H14BrIO/c1-9-4-3-6(7(11)8(9)13)10(9,2)5-12/h6-7H,3-5H2,1-2H3/t6-,7-,9-,10+/m0/s1. The van der Waals surface area contributed by atoms with Crippen molar-refractivity contribution in [2.24, 2.45) is 16.7 Å². The SMILES string of the molecule is C[C@]12CC[C@@H]([C@H](Br)C1=O)[C@@]2(C)CI. The van der Waals surface area contributed by atoms with E-state index in [9.17, 15) is 4.79 Å². The van der Waals surface area contributed by atoms with Gasteiger partial charge in [-0.1, -0.05) is 52.4 Å². The molecular weight excluding hydrogens is 343 g/mol. The highest BCUT2D eigenvalue weighted by Gasteiger charge is 2.67. The summed E-state index contributed by atoms with van der Waals surface area (Å²) < 4.78 is 1.10. The van der Waals surface area contributed by atoms with Crippen molar-refractivity contribution in [2.45, 2.75) is 31.5 Å². The van der Waals surface area contributed by atoms with E-state index in [0.29, 0.717) is 11.7 Å². The molecule has 0 unspecified atom stereocenters. The van der Waals surface area contributed by atoms with Crippen molar-refractivity contribution in [3.8, 4) is 0 Å². The number of rotatable bonds is 1. The highest BCUT2D eigenvalue weighted by atomic mass is 127. The molecule has 0 spiro atoms. The van der Waals surface area contributed by atoms with Gasteiger partial charge in [-0.15, -0.1) is 0 Å². The van der Waals surface area contributed by atoms with Crippen LogP contribution < -0.4 is 0 Å². The first kappa shape index (κ1) is 10.4. The molecule has 0 saturated heterocycles. The van der Waals surface area contributed by atoms with E-state index in [1.807, 2.05) is 0 Å². The van der Waals surface area contributed by atoms with E-state index >= 15 is 0 Å². The lowest BCUT2D eigenvalue weighted by Gasteiger charge is -2.34. The van der Waals surface area contributed by atoms with Crippen LogP contribution in [-0.4, -0.2) is 15.0 Å². The molecule has 0 radical (unpaired) electrons. The molecule has 2 rings (SSSR count). The second-order valence-electron chi connectivity index (χ2n) is 4.79. The Morgan fingerprint density at radius 2 is 2.23 bits per heavy atom. The molecular formula is C10H14BrIO. The normalized spacial score (nSPS) is 54.6. The number of Topliss-reactive ketones (excluding diaryl/α,β-unsaturated/α-hetero) is 1. The summed E-state index contributed by atoms with van der Waals surface area (Å²) in [6.45, 7) is 4.45. The maximum absolute atomic E-state index is 12.0. The average Bonchev–Trinajstić information content (AvgIpc) is 2.44. The molecule has 13 heavy (non-hydrogen) atoms. The zero-order valence-corrected chi connectivity index (χ0v) is 11.7. The third-order valence-electron chi connectivity index (χ3n) is 4.46. The minimum absolute atomic E-state index is 0.0486. The van der Waals surface area contributed by atoms with Gasteiger partial charge in [-0.3, -0.25) is 4.79 Å². The van der Waals surface area contributed by atoms with Crippen molar-refractivity contribution in [3.63, 3.8) is 0 Å². The predicted molar refractivity (Wildman–Crippen MR) is 65.5 cm³/mol. The minimum atomic E-state index is -0.0486. The van der Waals surface area contributed by atoms with Crippen molar-refractivity contribution >= 4 is 44.3 Å². The summed E-state index contributed by atoms with van der Waals surface area (Å²) in [6, 6.07) is 0. The van der Waals surface area contributed by atoms with Crippen molar-refractivity contribution in [1.29, 1.82) is 0 Å². The van der Waals surface area contributed by atoms with Crippen LogP contribution >= 0.6 is 38.5 Å². The fraction of sp³-hybridized carbons (Fsp3) is 0.900. The van der Waals surface area contributed by atoms with Gasteiger partial charge in [0, 0.05) is 9.84 Å². The smallest absolute Gasteiger partial charge is 0.153 e. The van der Waals surface area contributed by atoms with E-state index in [2.05, 4.69) is 52.4 Å². The van der Waals surface area contributed by atoms with Crippen LogP contribution in [0.2, 0.25) is 0 Å². The molecule has 0 aromatic heterocycles. The van der Waals surface area contributed by atoms with Gasteiger partial charge in [-0.2, -0.15) is 0 Å². The molecule has 2 bridgehead atoms. The topological polar surface area (TPSA) is 17.1 Å². The molecule has 0 amide bonds. The van der Waals surface area contributed by atoms with E-state index < -0.39 is 0 Å². The maximum atomic E-state index is 12.0. The van der Waals surface area contributed by atoms with Crippen LogP contribution in [0.1, 0.15) is 26.7 Å². The summed E-state index contributed by atoms with van der Waals surface area (Å²) in [4.78, 5) is 12.1. The van der Waals surface area contributed by atoms with Gasteiger partial charge in [0.25, 0.3) is 0 Å². The Morgan fingerprint density at radius 3 is 2.54 bits per heavy atom. The van der Waals surface area contributed by atoms with E-state index in [1.54, 1.807) is 0 Å². The number of alkyl halides is 2. The summed E-state index contributed by atoms with van der Waals surface area (Å²) in [5.41, 5.74) is 0.186. The number of carbonyl (C=O) groups excluding carboxylic acids is 1. The van der Waals surface area contributed by atoms with Gasteiger partial charge in [-0.25, -0.2) is 0 Å². The zero-order valence-electron chi connectivity index (χ0n) is 7.94. The maximum Gasteiger partial charge on any atom is 0.153 e. The number of hydrogen-bond acceptors (Lipinski definition) is 1. The molecule has 2 saturated carbocycles. The van der Waals surface area contributed by atoms with Gasteiger partial charge >= 0.3 is 0 Å². The molecule has 4 atom stereocenters. The number of carbonyl (C=O) groups is 1. The fourth-order valence-corrected chi connectivity index (χ4v) is 5.83. The number of halogens is 2. The summed E-state index contributed by atoms with van der Waals surface area (Å²) in [5.74, 6) is 1.02. The van der Waals surface area contributed by atoms with Crippen molar-refractivity contribution in [3.05, 3.63) is 0 Å². The highest BCUT2D eigenvalue weighted by Crippen LogP contribution is 2.65. The largest absolute Gasteiger partial charge is 0.298 e. The summed E-state index contributed by atoms with van der Waals surface area (Å²) in [7, 11) is 0.